The number of amides is 1. The number of carbonyl (C=O) groups is 1. The lowest BCUT2D eigenvalue weighted by Gasteiger charge is -2.15. The Hall–Kier alpha value is -1.59. The first-order valence-corrected chi connectivity index (χ1v) is 6.85. The minimum absolute atomic E-state index is 0.0634. The first-order valence-electron chi connectivity index (χ1n) is 6.85. The number of hydrogen-bond donors (Lipinski definition) is 3. The van der Waals surface area contributed by atoms with E-state index < -0.39 is 6.10 Å². The van der Waals surface area contributed by atoms with Gasteiger partial charge in [-0.2, -0.15) is 0 Å². The van der Waals surface area contributed by atoms with Crippen LogP contribution in [0.5, 0.6) is 5.75 Å². The molecule has 5 heteroatoms. The fraction of sp³-hybridized carbons (Fsp3) is 0.533. The molecule has 0 aliphatic carbocycles. The predicted octanol–water partition coefficient (Wildman–Crippen LogP) is 1.06. The Bertz CT molecular complexity index is 421. The van der Waals surface area contributed by atoms with Crippen LogP contribution in [0.1, 0.15) is 26.3 Å². The van der Waals surface area contributed by atoms with E-state index in [-0.39, 0.29) is 12.5 Å². The van der Waals surface area contributed by atoms with Crippen LogP contribution in [0.4, 0.5) is 0 Å². The molecule has 112 valence electrons. The van der Waals surface area contributed by atoms with Gasteiger partial charge < -0.3 is 20.5 Å². The van der Waals surface area contributed by atoms with E-state index in [1.165, 1.54) is 6.92 Å². The molecule has 0 spiro atoms. The van der Waals surface area contributed by atoms with Crippen molar-refractivity contribution in [2.75, 3.05) is 13.2 Å². The van der Waals surface area contributed by atoms with Crippen molar-refractivity contribution >= 4 is 5.91 Å². The van der Waals surface area contributed by atoms with Crippen LogP contribution in [0.2, 0.25) is 0 Å². The van der Waals surface area contributed by atoms with E-state index >= 15 is 0 Å². The van der Waals surface area contributed by atoms with Crippen molar-refractivity contribution in [2.45, 2.75) is 39.5 Å². The number of hydrogen-bond acceptors (Lipinski definition) is 4. The highest BCUT2D eigenvalue weighted by Gasteiger charge is 2.06. The van der Waals surface area contributed by atoms with Gasteiger partial charge in [-0.1, -0.05) is 26.0 Å². The van der Waals surface area contributed by atoms with Crippen LogP contribution in [0.3, 0.4) is 0 Å². The molecule has 1 unspecified atom stereocenters. The van der Waals surface area contributed by atoms with E-state index in [2.05, 4.69) is 10.6 Å². The zero-order valence-electron chi connectivity index (χ0n) is 12.3. The second-order valence-corrected chi connectivity index (χ2v) is 5.08. The van der Waals surface area contributed by atoms with Gasteiger partial charge in [0.05, 0.1) is 0 Å². The molecule has 20 heavy (non-hydrogen) atoms. The second kappa shape index (κ2) is 8.55. The summed E-state index contributed by atoms with van der Waals surface area (Å²) in [5.41, 5.74) is 0.965. The normalized spacial score (nSPS) is 12.2. The molecule has 5 nitrogen and oxygen atoms in total. The van der Waals surface area contributed by atoms with Crippen LogP contribution >= 0.6 is 0 Å². The lowest BCUT2D eigenvalue weighted by Crippen LogP contribution is -2.35. The van der Waals surface area contributed by atoms with Gasteiger partial charge in [0.2, 0.25) is 5.91 Å². The number of ether oxygens (including phenoxy) is 1. The van der Waals surface area contributed by atoms with Crippen LogP contribution in [-0.4, -0.2) is 36.3 Å². The summed E-state index contributed by atoms with van der Waals surface area (Å²) in [5.74, 6) is 0.628. The van der Waals surface area contributed by atoms with Crippen LogP contribution in [0.25, 0.3) is 0 Å². The monoisotopic (exact) mass is 280 g/mol. The zero-order valence-corrected chi connectivity index (χ0v) is 12.3. The summed E-state index contributed by atoms with van der Waals surface area (Å²) in [6.45, 7) is 6.76. The molecule has 0 aliphatic heterocycles. The van der Waals surface area contributed by atoms with Crippen LogP contribution in [0.15, 0.2) is 24.3 Å². The summed E-state index contributed by atoms with van der Waals surface area (Å²) in [5, 5.41) is 15.6. The molecule has 1 aromatic rings. The minimum atomic E-state index is -0.545. The molecule has 1 atom stereocenters. The van der Waals surface area contributed by atoms with Crippen LogP contribution < -0.4 is 15.4 Å². The standard InChI is InChI=1S/C15H24N2O3/c1-11(2)16-9-14(19)10-20-15-6-4-5-13(7-15)8-17-12(3)18/h4-7,11,14,16,19H,8-10H2,1-3H3,(H,17,18). The Labute approximate surface area is 120 Å². The van der Waals surface area contributed by atoms with E-state index in [1.807, 2.05) is 38.1 Å². The summed E-state index contributed by atoms with van der Waals surface area (Å²) in [4.78, 5) is 10.9. The molecule has 1 amide bonds. The van der Waals surface area contributed by atoms with Gasteiger partial charge in [0.15, 0.2) is 0 Å². The smallest absolute Gasteiger partial charge is 0.217 e. The summed E-state index contributed by atoms with van der Waals surface area (Å²) >= 11 is 0. The molecule has 0 bridgehead atoms. The average molecular weight is 280 g/mol. The van der Waals surface area contributed by atoms with Gasteiger partial charge in [0, 0.05) is 26.1 Å². The maximum absolute atomic E-state index is 10.9. The van der Waals surface area contributed by atoms with E-state index in [0.29, 0.717) is 24.9 Å². The SMILES string of the molecule is CC(=O)NCc1cccc(OCC(O)CNC(C)C)c1. The molecule has 0 fully saturated rings. The molecule has 1 aromatic carbocycles. The van der Waals surface area contributed by atoms with Crippen LogP contribution in [0, 0.1) is 0 Å². The van der Waals surface area contributed by atoms with Crippen molar-refractivity contribution in [2.24, 2.45) is 0 Å². The maximum Gasteiger partial charge on any atom is 0.217 e. The average Bonchev–Trinajstić information content (AvgIpc) is 2.41. The van der Waals surface area contributed by atoms with Crippen molar-refractivity contribution in [3.63, 3.8) is 0 Å². The van der Waals surface area contributed by atoms with Crippen molar-refractivity contribution in [1.82, 2.24) is 10.6 Å². The molecule has 0 saturated heterocycles. The molecular formula is C15H24N2O3. The van der Waals surface area contributed by atoms with E-state index in [9.17, 15) is 9.90 Å². The van der Waals surface area contributed by atoms with E-state index in [0.717, 1.165) is 5.56 Å². The molecule has 1 rings (SSSR count). The predicted molar refractivity (Wildman–Crippen MR) is 78.6 cm³/mol. The lowest BCUT2D eigenvalue weighted by atomic mass is 10.2. The van der Waals surface area contributed by atoms with Crippen molar-refractivity contribution < 1.29 is 14.6 Å². The Balaban J connectivity index is 2.39. The highest BCUT2D eigenvalue weighted by Crippen LogP contribution is 2.13. The van der Waals surface area contributed by atoms with Gasteiger partial charge in [0.25, 0.3) is 0 Å². The largest absolute Gasteiger partial charge is 0.491 e. The Morgan fingerprint density at radius 1 is 1.40 bits per heavy atom. The number of nitrogens with one attached hydrogen (secondary N) is 2. The van der Waals surface area contributed by atoms with Gasteiger partial charge in [-0.25, -0.2) is 0 Å². The number of rotatable bonds is 8. The van der Waals surface area contributed by atoms with Crippen molar-refractivity contribution in [3.05, 3.63) is 29.8 Å². The fourth-order valence-corrected chi connectivity index (χ4v) is 1.59. The summed E-state index contributed by atoms with van der Waals surface area (Å²) < 4.78 is 5.54. The molecule has 0 aromatic heterocycles. The van der Waals surface area contributed by atoms with Gasteiger partial charge in [-0.05, 0) is 17.7 Å². The van der Waals surface area contributed by atoms with Gasteiger partial charge in [-0.15, -0.1) is 0 Å². The maximum atomic E-state index is 10.9. The zero-order chi connectivity index (χ0) is 15.0. The number of benzene rings is 1. The Kier molecular flexibility index (Phi) is 7.04. The van der Waals surface area contributed by atoms with Crippen LogP contribution in [-0.2, 0) is 11.3 Å². The van der Waals surface area contributed by atoms with Gasteiger partial charge in [0.1, 0.15) is 18.5 Å². The van der Waals surface area contributed by atoms with Gasteiger partial charge in [-0.3, -0.25) is 4.79 Å². The topological polar surface area (TPSA) is 70.6 Å². The fourth-order valence-electron chi connectivity index (χ4n) is 1.59. The third-order valence-corrected chi connectivity index (χ3v) is 2.64. The highest BCUT2D eigenvalue weighted by molar-refractivity contribution is 5.72. The molecule has 0 radical (unpaired) electrons. The summed E-state index contributed by atoms with van der Waals surface area (Å²) in [6, 6.07) is 7.81. The lowest BCUT2D eigenvalue weighted by molar-refractivity contribution is -0.119. The number of aliphatic hydroxyl groups is 1. The van der Waals surface area contributed by atoms with E-state index in [1.54, 1.807) is 0 Å². The van der Waals surface area contributed by atoms with Gasteiger partial charge >= 0.3 is 0 Å². The third-order valence-electron chi connectivity index (χ3n) is 2.64. The van der Waals surface area contributed by atoms with Crippen molar-refractivity contribution in [1.29, 1.82) is 0 Å². The number of aliphatic hydroxyl groups excluding tert-OH is 1. The quantitative estimate of drug-likeness (QED) is 0.666. The summed E-state index contributed by atoms with van der Waals surface area (Å²) in [7, 11) is 0. The summed E-state index contributed by atoms with van der Waals surface area (Å²) in [6.07, 6.45) is -0.545. The number of carbonyl (C=O) groups excluding carboxylic acids is 1. The molecule has 0 saturated carbocycles. The first kappa shape index (κ1) is 16.5. The second-order valence-electron chi connectivity index (χ2n) is 5.08. The Morgan fingerprint density at radius 3 is 2.80 bits per heavy atom. The molecule has 3 N–H and O–H groups in total. The third kappa shape index (κ3) is 7.11. The highest BCUT2D eigenvalue weighted by atomic mass is 16.5. The van der Waals surface area contributed by atoms with Crippen molar-refractivity contribution in [3.8, 4) is 5.75 Å². The minimum Gasteiger partial charge on any atom is -0.491 e. The Morgan fingerprint density at radius 2 is 2.15 bits per heavy atom. The first-order chi connectivity index (χ1) is 9.47. The molecular weight excluding hydrogens is 256 g/mol. The van der Waals surface area contributed by atoms with E-state index in [4.69, 9.17) is 4.74 Å². The molecule has 0 aliphatic rings. The molecule has 0 heterocycles.